The minimum Gasteiger partial charge on any atom is -0.368 e. The van der Waals surface area contributed by atoms with E-state index in [0.717, 1.165) is 82.2 Å². The van der Waals surface area contributed by atoms with E-state index in [2.05, 4.69) is 73.4 Å². The van der Waals surface area contributed by atoms with Crippen LogP contribution in [0.3, 0.4) is 0 Å². The SMILES string of the molecule is CC1CN(c2ccc(C#N)c3ncccc23)CC2CN(Cc3ccc(N4CCCNCC4)nc3)CCN12. The lowest BCUT2D eigenvalue weighted by molar-refractivity contribution is 0.0317. The monoisotopic (exact) mass is 496 g/mol. The minimum atomic E-state index is 0.469. The molecule has 2 aromatic heterocycles. The lowest BCUT2D eigenvalue weighted by atomic mass is 10.0. The van der Waals surface area contributed by atoms with E-state index < -0.39 is 0 Å². The molecule has 3 fully saturated rings. The van der Waals surface area contributed by atoms with Crippen molar-refractivity contribution in [2.45, 2.75) is 32.0 Å². The third-order valence-electron chi connectivity index (χ3n) is 8.18. The summed E-state index contributed by atoms with van der Waals surface area (Å²) in [5, 5.41) is 14.1. The maximum absolute atomic E-state index is 9.55. The predicted octanol–water partition coefficient (Wildman–Crippen LogP) is 2.70. The van der Waals surface area contributed by atoms with E-state index >= 15 is 0 Å². The van der Waals surface area contributed by atoms with Crippen molar-refractivity contribution < 1.29 is 0 Å². The topological polar surface area (TPSA) is 74.6 Å². The van der Waals surface area contributed by atoms with Gasteiger partial charge in [-0.15, -0.1) is 0 Å². The number of anilines is 2. The lowest BCUT2D eigenvalue weighted by Gasteiger charge is -2.51. The van der Waals surface area contributed by atoms with Crippen molar-refractivity contribution in [3.63, 3.8) is 0 Å². The molecule has 0 bridgehead atoms. The molecule has 3 saturated heterocycles. The molecule has 0 saturated carbocycles. The molecule has 0 amide bonds. The molecule has 3 aliphatic rings. The first kappa shape index (κ1) is 24.1. The molecule has 8 nitrogen and oxygen atoms in total. The summed E-state index contributed by atoms with van der Waals surface area (Å²) in [7, 11) is 0. The zero-order chi connectivity index (χ0) is 25.2. The van der Waals surface area contributed by atoms with Gasteiger partial charge < -0.3 is 15.1 Å². The molecule has 3 aliphatic heterocycles. The molecule has 8 heteroatoms. The fourth-order valence-corrected chi connectivity index (χ4v) is 6.32. The van der Waals surface area contributed by atoms with Crippen LogP contribution in [-0.2, 0) is 6.54 Å². The van der Waals surface area contributed by atoms with Gasteiger partial charge in [-0.2, -0.15) is 5.26 Å². The van der Waals surface area contributed by atoms with Crippen LogP contribution in [-0.4, -0.2) is 90.8 Å². The first-order chi connectivity index (χ1) is 18.2. The number of aromatic nitrogens is 2. The maximum Gasteiger partial charge on any atom is 0.128 e. The second-order valence-electron chi connectivity index (χ2n) is 10.6. The van der Waals surface area contributed by atoms with Crippen LogP contribution in [0.25, 0.3) is 10.9 Å². The number of rotatable bonds is 4. The van der Waals surface area contributed by atoms with Crippen molar-refractivity contribution in [1.29, 1.82) is 5.26 Å². The van der Waals surface area contributed by atoms with Crippen LogP contribution in [0, 0.1) is 11.3 Å². The number of fused-ring (bicyclic) bond motifs is 2. The van der Waals surface area contributed by atoms with E-state index in [1.165, 1.54) is 17.7 Å². The molecule has 1 aromatic carbocycles. The molecular formula is C29H36N8. The van der Waals surface area contributed by atoms with Crippen LogP contribution >= 0.6 is 0 Å². The predicted molar refractivity (Wildman–Crippen MR) is 148 cm³/mol. The first-order valence-corrected chi connectivity index (χ1v) is 13.6. The number of piperazine rings is 2. The van der Waals surface area contributed by atoms with E-state index in [4.69, 9.17) is 4.98 Å². The van der Waals surface area contributed by atoms with Crippen LogP contribution in [0.4, 0.5) is 11.5 Å². The number of nitriles is 1. The smallest absolute Gasteiger partial charge is 0.128 e. The highest BCUT2D eigenvalue weighted by molar-refractivity contribution is 5.95. The highest BCUT2D eigenvalue weighted by atomic mass is 15.4. The summed E-state index contributed by atoms with van der Waals surface area (Å²) in [6.07, 6.45) is 5.02. The van der Waals surface area contributed by atoms with E-state index in [9.17, 15) is 5.26 Å². The summed E-state index contributed by atoms with van der Waals surface area (Å²) in [6, 6.07) is 15.8. The number of hydrogen-bond acceptors (Lipinski definition) is 8. The Balaban J connectivity index is 1.15. The van der Waals surface area contributed by atoms with E-state index in [0.29, 0.717) is 17.6 Å². The van der Waals surface area contributed by atoms with Crippen molar-refractivity contribution in [3.05, 3.63) is 59.9 Å². The number of hydrogen-bond donors (Lipinski definition) is 1. The second-order valence-corrected chi connectivity index (χ2v) is 10.6. The molecule has 37 heavy (non-hydrogen) atoms. The fourth-order valence-electron chi connectivity index (χ4n) is 6.32. The molecule has 6 rings (SSSR count). The Bertz CT molecular complexity index is 1260. The molecule has 3 aromatic rings. The quantitative estimate of drug-likeness (QED) is 0.591. The van der Waals surface area contributed by atoms with Crippen molar-refractivity contribution >= 4 is 22.4 Å². The van der Waals surface area contributed by atoms with Crippen LogP contribution in [0.2, 0.25) is 0 Å². The fraction of sp³-hybridized carbons (Fsp3) is 0.483. The summed E-state index contributed by atoms with van der Waals surface area (Å²) in [4.78, 5) is 19.5. The summed E-state index contributed by atoms with van der Waals surface area (Å²) < 4.78 is 0. The molecule has 192 valence electrons. The third-order valence-corrected chi connectivity index (χ3v) is 8.18. The summed E-state index contributed by atoms with van der Waals surface area (Å²) in [6.45, 7) is 12.7. The second kappa shape index (κ2) is 10.6. The number of pyridine rings is 2. The van der Waals surface area contributed by atoms with E-state index in [-0.39, 0.29) is 0 Å². The van der Waals surface area contributed by atoms with Crippen LogP contribution in [0.1, 0.15) is 24.5 Å². The largest absolute Gasteiger partial charge is 0.368 e. The molecule has 5 heterocycles. The van der Waals surface area contributed by atoms with Crippen LogP contribution in [0.15, 0.2) is 48.8 Å². The molecule has 2 atom stereocenters. The van der Waals surface area contributed by atoms with Crippen molar-refractivity contribution in [2.75, 3.05) is 68.7 Å². The number of nitrogens with one attached hydrogen (secondary N) is 1. The third kappa shape index (κ3) is 4.99. The molecule has 0 aliphatic carbocycles. The Hall–Kier alpha value is -3.25. The summed E-state index contributed by atoms with van der Waals surface area (Å²) in [5.74, 6) is 1.10. The zero-order valence-electron chi connectivity index (χ0n) is 21.7. The van der Waals surface area contributed by atoms with E-state index in [1.54, 1.807) is 6.20 Å². The normalized spacial score (nSPS) is 23.5. The highest BCUT2D eigenvalue weighted by Gasteiger charge is 2.36. The lowest BCUT2D eigenvalue weighted by Crippen LogP contribution is -2.65. The molecular weight excluding hydrogens is 460 g/mol. The standard InChI is InChI=1S/C29H36N8/c1-22-18-36(27-7-6-24(16-30)29-26(27)4-2-10-32-29)21-25-20-34(14-15-37(22)25)19-23-5-8-28(33-17-23)35-12-3-9-31-11-13-35/h2,4-8,10,17,22,25,31H,3,9,11-15,18-21H2,1H3. The Morgan fingerprint density at radius 3 is 2.78 bits per heavy atom. The van der Waals surface area contributed by atoms with E-state index in [1.807, 2.05) is 12.1 Å². The van der Waals surface area contributed by atoms with Gasteiger partial charge in [-0.3, -0.25) is 14.8 Å². The molecule has 0 radical (unpaired) electrons. The highest BCUT2D eigenvalue weighted by Crippen LogP contribution is 2.32. The van der Waals surface area contributed by atoms with Crippen LogP contribution in [0.5, 0.6) is 0 Å². The summed E-state index contributed by atoms with van der Waals surface area (Å²) >= 11 is 0. The first-order valence-electron chi connectivity index (χ1n) is 13.6. The molecule has 2 unspecified atom stereocenters. The van der Waals surface area contributed by atoms with Gasteiger partial charge in [0.25, 0.3) is 0 Å². The Labute approximate surface area is 219 Å². The summed E-state index contributed by atoms with van der Waals surface area (Å²) in [5.41, 5.74) is 3.92. The van der Waals surface area contributed by atoms with Crippen molar-refractivity contribution in [1.82, 2.24) is 25.1 Å². The van der Waals surface area contributed by atoms with Gasteiger partial charge in [-0.05, 0) is 55.8 Å². The van der Waals surface area contributed by atoms with Gasteiger partial charge >= 0.3 is 0 Å². The number of benzene rings is 1. The average molecular weight is 497 g/mol. The molecule has 1 N–H and O–H groups in total. The van der Waals surface area contributed by atoms with Crippen LogP contribution < -0.4 is 15.1 Å². The average Bonchev–Trinajstić information content (AvgIpc) is 3.22. The van der Waals surface area contributed by atoms with Gasteiger partial charge in [0.1, 0.15) is 11.9 Å². The Morgan fingerprint density at radius 1 is 0.973 bits per heavy atom. The number of nitrogens with zero attached hydrogens (tertiary/aromatic N) is 7. The van der Waals surface area contributed by atoms with Gasteiger partial charge in [0.05, 0.1) is 11.1 Å². The maximum atomic E-state index is 9.55. The van der Waals surface area contributed by atoms with Gasteiger partial charge in [-0.1, -0.05) is 6.07 Å². The Morgan fingerprint density at radius 2 is 1.92 bits per heavy atom. The van der Waals surface area contributed by atoms with Gasteiger partial charge in [0.2, 0.25) is 0 Å². The zero-order valence-corrected chi connectivity index (χ0v) is 21.7. The minimum absolute atomic E-state index is 0.469. The Kier molecular flexibility index (Phi) is 6.92. The van der Waals surface area contributed by atoms with Gasteiger partial charge in [0.15, 0.2) is 0 Å². The molecule has 0 spiro atoms. The van der Waals surface area contributed by atoms with Crippen molar-refractivity contribution in [2.24, 2.45) is 0 Å². The van der Waals surface area contributed by atoms with Gasteiger partial charge in [-0.25, -0.2) is 4.98 Å². The van der Waals surface area contributed by atoms with Crippen molar-refractivity contribution in [3.8, 4) is 6.07 Å². The van der Waals surface area contributed by atoms with Gasteiger partial charge in [0, 0.05) is 94.5 Å².